The maximum atomic E-state index is 12.9. The highest BCUT2D eigenvalue weighted by atomic mass is 16.5. The number of carbonyl (C=O) groups excluding carboxylic acids is 3. The Kier molecular flexibility index (Phi) is 7.45. The fraction of sp³-hybridized carbons (Fsp3) is 0.194. The fourth-order valence-electron chi connectivity index (χ4n) is 4.27. The van der Waals surface area contributed by atoms with Crippen LogP contribution in [0.25, 0.3) is 0 Å². The number of ether oxygens (including phenoxy) is 2. The summed E-state index contributed by atoms with van der Waals surface area (Å²) in [6, 6.07) is 25.3. The van der Waals surface area contributed by atoms with E-state index in [4.69, 9.17) is 13.9 Å². The van der Waals surface area contributed by atoms with Gasteiger partial charge in [0.25, 0.3) is 11.8 Å². The van der Waals surface area contributed by atoms with Crippen molar-refractivity contribution >= 4 is 23.3 Å². The molecular weight excluding hydrogens is 496 g/mol. The van der Waals surface area contributed by atoms with Crippen LogP contribution in [-0.4, -0.2) is 42.8 Å². The number of aryl methyl sites for hydroxylation is 1. The molecule has 8 nitrogen and oxygen atoms in total. The number of furan rings is 1. The summed E-state index contributed by atoms with van der Waals surface area (Å²) in [5, 5.41) is 0. The largest absolute Gasteiger partial charge is 0.485 e. The van der Waals surface area contributed by atoms with Gasteiger partial charge in [0, 0.05) is 19.2 Å². The van der Waals surface area contributed by atoms with E-state index < -0.39 is 0 Å². The minimum Gasteiger partial charge on any atom is -0.485 e. The van der Waals surface area contributed by atoms with E-state index in [1.807, 2.05) is 61.5 Å². The van der Waals surface area contributed by atoms with Gasteiger partial charge in [-0.15, -0.1) is 0 Å². The van der Waals surface area contributed by atoms with Crippen LogP contribution in [0, 0.1) is 6.92 Å². The predicted molar refractivity (Wildman–Crippen MR) is 145 cm³/mol. The van der Waals surface area contributed by atoms with Crippen LogP contribution in [0.2, 0.25) is 0 Å². The zero-order valence-electron chi connectivity index (χ0n) is 21.8. The summed E-state index contributed by atoms with van der Waals surface area (Å²) in [7, 11) is 1.71. The Hall–Kier alpha value is -4.85. The summed E-state index contributed by atoms with van der Waals surface area (Å²) >= 11 is 0. The highest BCUT2D eigenvalue weighted by Crippen LogP contribution is 2.34. The van der Waals surface area contributed by atoms with Crippen LogP contribution in [0.4, 0.5) is 5.69 Å². The number of ketones is 1. The second-order valence-electron chi connectivity index (χ2n) is 9.39. The first-order chi connectivity index (χ1) is 18.9. The molecule has 0 radical (unpaired) electrons. The fourth-order valence-corrected chi connectivity index (χ4v) is 4.27. The molecule has 3 aromatic carbocycles. The Morgan fingerprint density at radius 2 is 1.74 bits per heavy atom. The van der Waals surface area contributed by atoms with Gasteiger partial charge in [-0.2, -0.15) is 0 Å². The lowest BCUT2D eigenvalue weighted by molar-refractivity contribution is -0.121. The van der Waals surface area contributed by atoms with E-state index in [0.29, 0.717) is 35.1 Å². The minimum absolute atomic E-state index is 0.0857. The number of anilines is 1. The summed E-state index contributed by atoms with van der Waals surface area (Å²) in [5.41, 5.74) is 2.95. The molecule has 1 aliphatic rings. The molecule has 0 aliphatic carbocycles. The monoisotopic (exact) mass is 524 g/mol. The molecule has 1 aliphatic heterocycles. The average Bonchev–Trinajstić information content (AvgIpc) is 3.42. The molecule has 0 spiro atoms. The lowest BCUT2D eigenvalue weighted by atomic mass is 10.1. The molecule has 0 N–H and O–H groups in total. The van der Waals surface area contributed by atoms with E-state index in [1.165, 1.54) is 4.90 Å². The molecule has 0 fully saturated rings. The first-order valence-electron chi connectivity index (χ1n) is 12.6. The zero-order chi connectivity index (χ0) is 27.4. The van der Waals surface area contributed by atoms with Crippen molar-refractivity contribution in [1.82, 2.24) is 4.90 Å². The molecule has 0 atom stereocenters. The third-order valence-corrected chi connectivity index (χ3v) is 6.41. The van der Waals surface area contributed by atoms with Gasteiger partial charge in [-0.25, -0.2) is 0 Å². The first-order valence-corrected chi connectivity index (χ1v) is 12.6. The SMILES string of the molecule is Cc1ccc(OCC(=O)c2ccc3c(c2)N(Cc2ccc(C(=O)N(C)Cc4ccccc4)o2)C(=O)CO3)cc1. The molecule has 5 rings (SSSR count). The summed E-state index contributed by atoms with van der Waals surface area (Å²) in [6.45, 7) is 2.22. The summed E-state index contributed by atoms with van der Waals surface area (Å²) in [4.78, 5) is 41.6. The van der Waals surface area contributed by atoms with Gasteiger partial charge in [0.1, 0.15) is 17.3 Å². The van der Waals surface area contributed by atoms with Crippen molar-refractivity contribution in [2.45, 2.75) is 20.0 Å². The van der Waals surface area contributed by atoms with Gasteiger partial charge < -0.3 is 18.8 Å². The second-order valence-corrected chi connectivity index (χ2v) is 9.39. The maximum absolute atomic E-state index is 12.9. The summed E-state index contributed by atoms with van der Waals surface area (Å²) in [5.74, 6) is 0.923. The van der Waals surface area contributed by atoms with Crippen LogP contribution in [0.15, 0.2) is 89.3 Å². The van der Waals surface area contributed by atoms with Crippen molar-refractivity contribution in [2.24, 2.45) is 0 Å². The lowest BCUT2D eigenvalue weighted by Gasteiger charge is -2.29. The van der Waals surface area contributed by atoms with Crippen LogP contribution in [0.1, 0.15) is 37.8 Å². The van der Waals surface area contributed by atoms with Crippen LogP contribution >= 0.6 is 0 Å². The first kappa shape index (κ1) is 25.8. The second kappa shape index (κ2) is 11.3. The van der Waals surface area contributed by atoms with Crippen molar-refractivity contribution < 1.29 is 28.3 Å². The Morgan fingerprint density at radius 3 is 2.51 bits per heavy atom. The van der Waals surface area contributed by atoms with E-state index in [9.17, 15) is 14.4 Å². The number of fused-ring (bicyclic) bond motifs is 1. The van der Waals surface area contributed by atoms with Gasteiger partial charge in [-0.05, 0) is 55.0 Å². The average molecular weight is 525 g/mol. The molecule has 1 aromatic heterocycles. The van der Waals surface area contributed by atoms with Crippen molar-refractivity contribution in [3.05, 3.63) is 113 Å². The molecule has 39 heavy (non-hydrogen) atoms. The Labute approximate surface area is 226 Å². The molecule has 0 bridgehead atoms. The third-order valence-electron chi connectivity index (χ3n) is 6.41. The topological polar surface area (TPSA) is 89.3 Å². The molecule has 4 aromatic rings. The van der Waals surface area contributed by atoms with Gasteiger partial charge in [0.2, 0.25) is 0 Å². The van der Waals surface area contributed by atoms with E-state index in [2.05, 4.69) is 0 Å². The normalized spacial score (nSPS) is 12.5. The van der Waals surface area contributed by atoms with Crippen LogP contribution in [-0.2, 0) is 17.9 Å². The maximum Gasteiger partial charge on any atom is 0.289 e. The van der Waals surface area contributed by atoms with E-state index >= 15 is 0 Å². The standard InChI is InChI=1S/C31H28N2O6/c1-21-8-11-24(12-9-21)37-19-27(34)23-10-14-28-26(16-23)33(30(35)20-38-28)18-25-13-15-29(39-25)31(36)32(2)17-22-6-4-3-5-7-22/h3-16H,17-20H2,1-2H3. The van der Waals surface area contributed by atoms with Crippen LogP contribution in [0.3, 0.4) is 0 Å². The quantitative estimate of drug-likeness (QED) is 0.285. The van der Waals surface area contributed by atoms with E-state index in [-0.39, 0.29) is 43.1 Å². The van der Waals surface area contributed by atoms with Gasteiger partial charge >= 0.3 is 0 Å². The lowest BCUT2D eigenvalue weighted by Crippen LogP contribution is -2.38. The van der Waals surface area contributed by atoms with Gasteiger partial charge in [0.15, 0.2) is 24.8 Å². The molecule has 0 saturated carbocycles. The van der Waals surface area contributed by atoms with Crippen molar-refractivity contribution in [1.29, 1.82) is 0 Å². The Balaban J connectivity index is 1.28. The zero-order valence-corrected chi connectivity index (χ0v) is 21.8. The van der Waals surface area contributed by atoms with Crippen molar-refractivity contribution in [3.63, 3.8) is 0 Å². The number of carbonyl (C=O) groups is 3. The van der Waals surface area contributed by atoms with E-state index in [1.54, 1.807) is 42.3 Å². The molecule has 2 amide bonds. The van der Waals surface area contributed by atoms with Gasteiger partial charge in [-0.1, -0.05) is 48.0 Å². The van der Waals surface area contributed by atoms with Crippen LogP contribution < -0.4 is 14.4 Å². The van der Waals surface area contributed by atoms with Crippen molar-refractivity contribution in [2.75, 3.05) is 25.2 Å². The Bertz CT molecular complexity index is 1490. The molecule has 0 unspecified atom stereocenters. The number of Topliss-reactive ketones (excluding diaryl/α,β-unsaturated/α-hetero) is 1. The summed E-state index contributed by atoms with van der Waals surface area (Å²) < 4.78 is 17.1. The number of amides is 2. The number of hydrogen-bond acceptors (Lipinski definition) is 6. The molecule has 0 saturated heterocycles. The molecule has 8 heteroatoms. The number of hydrogen-bond donors (Lipinski definition) is 0. The van der Waals surface area contributed by atoms with Crippen LogP contribution in [0.5, 0.6) is 11.5 Å². The summed E-state index contributed by atoms with van der Waals surface area (Å²) in [6.07, 6.45) is 0. The molecule has 198 valence electrons. The predicted octanol–water partition coefficient (Wildman–Crippen LogP) is 5.05. The van der Waals surface area contributed by atoms with Gasteiger partial charge in [-0.3, -0.25) is 19.3 Å². The molecular formula is C31H28N2O6. The smallest absolute Gasteiger partial charge is 0.289 e. The van der Waals surface area contributed by atoms with E-state index in [0.717, 1.165) is 11.1 Å². The number of rotatable bonds is 9. The highest BCUT2D eigenvalue weighted by molar-refractivity contribution is 6.02. The third kappa shape index (κ3) is 6.01. The molecule has 2 heterocycles. The van der Waals surface area contributed by atoms with Gasteiger partial charge in [0.05, 0.1) is 12.2 Å². The number of benzene rings is 3. The minimum atomic E-state index is -0.284. The highest BCUT2D eigenvalue weighted by Gasteiger charge is 2.28. The Morgan fingerprint density at radius 1 is 0.974 bits per heavy atom. The number of nitrogens with zero attached hydrogens (tertiary/aromatic N) is 2. The van der Waals surface area contributed by atoms with Crippen molar-refractivity contribution in [3.8, 4) is 11.5 Å².